The van der Waals surface area contributed by atoms with E-state index >= 15 is 0 Å². The summed E-state index contributed by atoms with van der Waals surface area (Å²) in [7, 11) is 1.68. The minimum absolute atomic E-state index is 0.243. The third-order valence-electron chi connectivity index (χ3n) is 5.93. The number of hydrogen-bond acceptors (Lipinski definition) is 3. The second kappa shape index (κ2) is 6.76. The molecule has 0 saturated carbocycles. The molecule has 4 aromatic rings. The molecule has 1 atom stereocenters. The molecule has 3 heterocycles. The first-order valence-electron chi connectivity index (χ1n) is 10.00. The van der Waals surface area contributed by atoms with Gasteiger partial charge in [-0.3, -0.25) is 18.3 Å². The van der Waals surface area contributed by atoms with Crippen LogP contribution < -0.4 is 11.2 Å². The van der Waals surface area contributed by atoms with Gasteiger partial charge in [-0.05, 0) is 45.2 Å². The maximum absolute atomic E-state index is 13.4. The largest absolute Gasteiger partial charge is 0.332 e. The van der Waals surface area contributed by atoms with E-state index in [4.69, 9.17) is 0 Å². The number of nitrogens with zero attached hydrogens (tertiary/aromatic N) is 5. The van der Waals surface area contributed by atoms with Gasteiger partial charge in [0, 0.05) is 25.0 Å². The van der Waals surface area contributed by atoms with Crippen molar-refractivity contribution in [1.82, 2.24) is 23.1 Å². The van der Waals surface area contributed by atoms with Crippen molar-refractivity contribution in [3.05, 3.63) is 67.6 Å². The van der Waals surface area contributed by atoms with Gasteiger partial charge in [0.1, 0.15) is 0 Å². The summed E-state index contributed by atoms with van der Waals surface area (Å²) >= 11 is 0. The molecule has 1 aromatic carbocycles. The number of fused-ring (bicyclic) bond motifs is 3. The fourth-order valence-corrected chi connectivity index (χ4v) is 4.03. The van der Waals surface area contributed by atoms with E-state index in [1.807, 2.05) is 49.6 Å². The molecule has 29 heavy (non-hydrogen) atoms. The zero-order chi connectivity index (χ0) is 21.0. The van der Waals surface area contributed by atoms with Gasteiger partial charge in [-0.15, -0.1) is 0 Å². The maximum atomic E-state index is 13.4. The number of rotatable bonds is 4. The lowest BCUT2D eigenvalue weighted by molar-refractivity contribution is 0.532. The van der Waals surface area contributed by atoms with E-state index < -0.39 is 0 Å². The van der Waals surface area contributed by atoms with E-state index in [0.717, 1.165) is 28.8 Å². The molecule has 0 N–H and O–H groups in total. The summed E-state index contributed by atoms with van der Waals surface area (Å²) in [6.07, 6.45) is 2.88. The molecule has 7 heteroatoms. The van der Waals surface area contributed by atoms with E-state index in [1.54, 1.807) is 7.05 Å². The fraction of sp³-hybridized carbons (Fsp3) is 0.409. The molecule has 0 bridgehead atoms. The molecule has 0 unspecified atom stereocenters. The Morgan fingerprint density at radius 2 is 1.86 bits per heavy atom. The number of aryl methyl sites for hydroxylation is 4. The van der Waals surface area contributed by atoms with Crippen LogP contribution >= 0.6 is 0 Å². The smallest absolute Gasteiger partial charge is 0.311 e. The van der Waals surface area contributed by atoms with Crippen LogP contribution in [-0.4, -0.2) is 23.1 Å². The summed E-state index contributed by atoms with van der Waals surface area (Å²) in [5, 5.41) is 0. The molecule has 0 aliphatic heterocycles. The van der Waals surface area contributed by atoms with Gasteiger partial charge < -0.3 is 4.57 Å². The molecule has 0 fully saturated rings. The van der Waals surface area contributed by atoms with Crippen molar-refractivity contribution in [3.8, 4) is 0 Å². The topological polar surface area (TPSA) is 66.2 Å². The van der Waals surface area contributed by atoms with Gasteiger partial charge in [-0.1, -0.05) is 30.7 Å². The molecule has 0 spiro atoms. The van der Waals surface area contributed by atoms with E-state index in [-0.39, 0.29) is 23.8 Å². The lowest BCUT2D eigenvalue weighted by atomic mass is 10.1. The summed E-state index contributed by atoms with van der Waals surface area (Å²) < 4.78 is 6.75. The molecule has 4 rings (SSSR count). The number of benzene rings is 1. The van der Waals surface area contributed by atoms with Crippen LogP contribution in [0.1, 0.15) is 48.7 Å². The van der Waals surface area contributed by atoms with Crippen molar-refractivity contribution in [2.75, 3.05) is 0 Å². The highest BCUT2D eigenvalue weighted by Gasteiger charge is 2.21. The molecular weight excluding hydrogens is 366 g/mol. The highest BCUT2D eigenvalue weighted by molar-refractivity contribution is 5.75. The van der Waals surface area contributed by atoms with Crippen molar-refractivity contribution in [1.29, 1.82) is 0 Å². The number of imidazole rings is 2. The normalized spacial score (nSPS) is 12.9. The van der Waals surface area contributed by atoms with E-state index in [9.17, 15) is 9.59 Å². The molecule has 7 nitrogen and oxygen atoms in total. The van der Waals surface area contributed by atoms with Crippen LogP contribution in [0, 0.1) is 20.8 Å². The Morgan fingerprint density at radius 3 is 2.55 bits per heavy atom. The SMILES string of the molecule is CC[C@@H](C)n1c(C)cn2c3c(=O)n(Cc4cc(C)ccc4C)c(=O)n(C)c3nc12. The highest BCUT2D eigenvalue weighted by Crippen LogP contribution is 2.22. The maximum Gasteiger partial charge on any atom is 0.332 e. The summed E-state index contributed by atoms with van der Waals surface area (Å²) in [5.74, 6) is 0.698. The standard InChI is InChI=1S/C22H27N5O2/c1-7-15(4)27-16(5)11-25-18-19(23-21(25)27)24(6)22(29)26(20(18)28)12-17-10-13(2)8-9-14(17)3/h8-11,15H,7,12H2,1-6H3/t15-/m1/s1. The molecule has 0 saturated heterocycles. The second-order valence-electron chi connectivity index (χ2n) is 8.01. The Bertz CT molecular complexity index is 1370. The Morgan fingerprint density at radius 1 is 1.14 bits per heavy atom. The summed E-state index contributed by atoms with van der Waals surface area (Å²) in [6.45, 7) is 10.5. The van der Waals surface area contributed by atoms with E-state index in [2.05, 4.69) is 23.4 Å². The monoisotopic (exact) mass is 393 g/mol. The quantitative estimate of drug-likeness (QED) is 0.535. The van der Waals surface area contributed by atoms with Gasteiger partial charge in [0.25, 0.3) is 5.56 Å². The van der Waals surface area contributed by atoms with Gasteiger partial charge in [0.2, 0.25) is 5.78 Å². The second-order valence-corrected chi connectivity index (χ2v) is 8.01. The van der Waals surface area contributed by atoms with Gasteiger partial charge in [-0.2, -0.15) is 4.98 Å². The average Bonchev–Trinajstić information content (AvgIpc) is 3.20. The molecule has 0 aliphatic rings. The van der Waals surface area contributed by atoms with Crippen LogP contribution in [0.25, 0.3) is 16.9 Å². The van der Waals surface area contributed by atoms with Crippen LogP contribution in [0.5, 0.6) is 0 Å². The van der Waals surface area contributed by atoms with Crippen LogP contribution in [0.2, 0.25) is 0 Å². The third-order valence-corrected chi connectivity index (χ3v) is 5.93. The van der Waals surface area contributed by atoms with Crippen molar-refractivity contribution < 1.29 is 0 Å². The van der Waals surface area contributed by atoms with Crippen molar-refractivity contribution in [3.63, 3.8) is 0 Å². The lowest BCUT2D eigenvalue weighted by Crippen LogP contribution is -2.39. The van der Waals surface area contributed by atoms with Gasteiger partial charge >= 0.3 is 5.69 Å². The van der Waals surface area contributed by atoms with E-state index in [0.29, 0.717) is 16.9 Å². The molecule has 0 radical (unpaired) electrons. The average molecular weight is 393 g/mol. The molecule has 0 aliphatic carbocycles. The van der Waals surface area contributed by atoms with Gasteiger partial charge in [0.05, 0.1) is 6.54 Å². The van der Waals surface area contributed by atoms with Gasteiger partial charge in [-0.25, -0.2) is 4.79 Å². The Labute approximate surface area is 168 Å². The zero-order valence-corrected chi connectivity index (χ0v) is 17.9. The Hall–Kier alpha value is -3.09. The summed E-state index contributed by atoms with van der Waals surface area (Å²) in [5.41, 5.74) is 4.37. The van der Waals surface area contributed by atoms with Crippen LogP contribution in [-0.2, 0) is 13.6 Å². The fourth-order valence-electron chi connectivity index (χ4n) is 4.03. The third kappa shape index (κ3) is 2.84. The minimum Gasteiger partial charge on any atom is -0.311 e. The van der Waals surface area contributed by atoms with Crippen molar-refractivity contribution in [2.24, 2.45) is 7.05 Å². The summed E-state index contributed by atoms with van der Waals surface area (Å²) in [6, 6.07) is 6.33. The molecule has 152 valence electrons. The highest BCUT2D eigenvalue weighted by atomic mass is 16.2. The Kier molecular flexibility index (Phi) is 4.48. The van der Waals surface area contributed by atoms with E-state index in [1.165, 1.54) is 9.13 Å². The first-order valence-corrected chi connectivity index (χ1v) is 10.00. The van der Waals surface area contributed by atoms with Crippen LogP contribution in [0.4, 0.5) is 0 Å². The zero-order valence-electron chi connectivity index (χ0n) is 17.9. The number of hydrogen-bond donors (Lipinski definition) is 0. The first kappa shape index (κ1) is 19.2. The van der Waals surface area contributed by atoms with Crippen molar-refractivity contribution >= 4 is 16.9 Å². The Balaban J connectivity index is 2.03. The molecule has 0 amide bonds. The number of aromatic nitrogens is 5. The van der Waals surface area contributed by atoms with Gasteiger partial charge in [0.15, 0.2) is 11.2 Å². The van der Waals surface area contributed by atoms with Crippen LogP contribution in [0.15, 0.2) is 34.0 Å². The first-order chi connectivity index (χ1) is 13.7. The predicted molar refractivity (Wildman–Crippen MR) is 115 cm³/mol. The van der Waals surface area contributed by atoms with Crippen LogP contribution in [0.3, 0.4) is 0 Å². The lowest BCUT2D eigenvalue weighted by Gasteiger charge is -2.12. The molecular formula is C22H27N5O2. The molecule has 3 aromatic heterocycles. The minimum atomic E-state index is -0.351. The van der Waals surface area contributed by atoms with Crippen molar-refractivity contribution in [2.45, 2.75) is 53.6 Å². The predicted octanol–water partition coefficient (Wildman–Crippen LogP) is 3.09. The summed E-state index contributed by atoms with van der Waals surface area (Å²) in [4.78, 5) is 31.1.